The Morgan fingerprint density at radius 3 is 2.39 bits per heavy atom. The van der Waals surface area contributed by atoms with Gasteiger partial charge in [0.1, 0.15) is 12.3 Å². The molecule has 0 unspecified atom stereocenters. The predicted octanol–water partition coefficient (Wildman–Crippen LogP) is 2.93. The normalized spacial score (nSPS) is 15.1. The van der Waals surface area contributed by atoms with E-state index in [0.29, 0.717) is 18.1 Å². The summed E-state index contributed by atoms with van der Waals surface area (Å²) in [6.45, 7) is 0.351. The van der Waals surface area contributed by atoms with E-state index >= 15 is 0 Å². The molecule has 1 fully saturated rings. The van der Waals surface area contributed by atoms with Gasteiger partial charge in [0, 0.05) is 18.1 Å². The molecular weight excluding hydrogens is 490 g/mol. The number of rotatable bonds is 8. The molecule has 1 aliphatic rings. The molecule has 2 aromatic carbocycles. The Kier molecular flexibility index (Phi) is 7.88. The minimum atomic E-state index is -3.80. The van der Waals surface area contributed by atoms with Crippen molar-refractivity contribution in [2.75, 3.05) is 42.6 Å². The molecule has 1 saturated heterocycles. The zero-order valence-electron chi connectivity index (χ0n) is 18.3. The smallest absolute Gasteiger partial charge is 0.245 e. The largest absolute Gasteiger partial charge is 0.495 e. The molecule has 9 nitrogen and oxygen atoms in total. The fourth-order valence-electron chi connectivity index (χ4n) is 3.55. The number of piperidine rings is 1. The van der Waals surface area contributed by atoms with Gasteiger partial charge in [-0.25, -0.2) is 16.8 Å². The van der Waals surface area contributed by atoms with E-state index in [2.05, 4.69) is 5.32 Å². The van der Waals surface area contributed by atoms with Gasteiger partial charge in [0.15, 0.2) is 0 Å². The molecule has 0 atom stereocenters. The minimum absolute atomic E-state index is 0.0234. The Morgan fingerprint density at radius 1 is 1.09 bits per heavy atom. The molecule has 0 saturated carbocycles. The van der Waals surface area contributed by atoms with Crippen LogP contribution < -0.4 is 14.4 Å². The first-order valence-corrected chi connectivity index (χ1v) is 13.9. The van der Waals surface area contributed by atoms with Crippen LogP contribution in [0.1, 0.15) is 19.3 Å². The number of carbonyl (C=O) groups excluding carboxylic acids is 1. The number of nitrogens with zero attached hydrogens (tertiary/aromatic N) is 2. The van der Waals surface area contributed by atoms with Crippen LogP contribution in [-0.4, -0.2) is 60.0 Å². The van der Waals surface area contributed by atoms with Crippen LogP contribution in [0.3, 0.4) is 0 Å². The summed E-state index contributed by atoms with van der Waals surface area (Å²) in [6.07, 6.45) is 3.56. The van der Waals surface area contributed by atoms with Crippen LogP contribution in [-0.2, 0) is 24.8 Å². The Balaban J connectivity index is 1.86. The van der Waals surface area contributed by atoms with Crippen molar-refractivity contribution in [1.29, 1.82) is 0 Å². The highest BCUT2D eigenvalue weighted by Crippen LogP contribution is 2.30. The van der Waals surface area contributed by atoms with Crippen molar-refractivity contribution < 1.29 is 26.4 Å². The quantitative estimate of drug-likeness (QED) is 0.578. The zero-order valence-corrected chi connectivity index (χ0v) is 20.7. The fraction of sp³-hybridized carbons (Fsp3) is 0.381. The SMILES string of the molecule is COc1ccc(S(=O)(=O)N2CCCCC2)cc1NC(=O)CN(c1cccc(Cl)c1)S(C)(=O)=O. The van der Waals surface area contributed by atoms with Gasteiger partial charge in [-0.1, -0.05) is 24.1 Å². The van der Waals surface area contributed by atoms with Crippen molar-refractivity contribution in [3.63, 3.8) is 0 Å². The number of halogens is 1. The second-order valence-electron chi connectivity index (χ2n) is 7.62. The highest BCUT2D eigenvalue weighted by molar-refractivity contribution is 7.92. The summed E-state index contributed by atoms with van der Waals surface area (Å²) < 4.78 is 58.3. The second kappa shape index (κ2) is 10.3. The van der Waals surface area contributed by atoms with Crippen LogP contribution in [0, 0.1) is 0 Å². The van der Waals surface area contributed by atoms with E-state index in [1.807, 2.05) is 0 Å². The van der Waals surface area contributed by atoms with Crippen LogP contribution in [0.2, 0.25) is 5.02 Å². The Bertz CT molecular complexity index is 1230. The zero-order chi connectivity index (χ0) is 24.2. The first-order chi connectivity index (χ1) is 15.5. The number of amides is 1. The molecular formula is C21H26ClN3O6S2. The fourth-order valence-corrected chi connectivity index (χ4v) is 6.13. The van der Waals surface area contributed by atoms with Crippen molar-refractivity contribution in [2.24, 2.45) is 0 Å². The van der Waals surface area contributed by atoms with Crippen molar-refractivity contribution in [1.82, 2.24) is 4.31 Å². The monoisotopic (exact) mass is 515 g/mol. The Morgan fingerprint density at radius 2 is 1.79 bits per heavy atom. The summed E-state index contributed by atoms with van der Waals surface area (Å²) in [7, 11) is -6.15. The van der Waals surface area contributed by atoms with Crippen molar-refractivity contribution in [3.05, 3.63) is 47.5 Å². The average molecular weight is 516 g/mol. The van der Waals surface area contributed by atoms with Gasteiger partial charge in [-0.2, -0.15) is 4.31 Å². The van der Waals surface area contributed by atoms with Crippen LogP contribution in [0.25, 0.3) is 0 Å². The molecule has 0 radical (unpaired) electrons. The third-order valence-electron chi connectivity index (χ3n) is 5.18. The molecule has 0 aromatic heterocycles. The lowest BCUT2D eigenvalue weighted by atomic mass is 10.2. The number of sulfonamides is 2. The van der Waals surface area contributed by atoms with Gasteiger partial charge in [0.05, 0.1) is 29.6 Å². The molecule has 12 heteroatoms. The van der Waals surface area contributed by atoms with Gasteiger partial charge in [-0.15, -0.1) is 0 Å². The number of hydrogen-bond acceptors (Lipinski definition) is 6. The summed E-state index contributed by atoms with van der Waals surface area (Å²) in [4.78, 5) is 12.8. The first-order valence-electron chi connectivity index (χ1n) is 10.2. The molecule has 0 spiro atoms. The molecule has 1 amide bonds. The van der Waals surface area contributed by atoms with E-state index in [0.717, 1.165) is 29.8 Å². The van der Waals surface area contributed by atoms with Crippen molar-refractivity contribution in [3.8, 4) is 5.75 Å². The van der Waals surface area contributed by atoms with E-state index in [9.17, 15) is 21.6 Å². The molecule has 1 heterocycles. The van der Waals surface area contributed by atoms with E-state index in [-0.39, 0.29) is 22.0 Å². The van der Waals surface area contributed by atoms with Gasteiger partial charge in [0.2, 0.25) is 26.0 Å². The molecule has 0 bridgehead atoms. The second-order valence-corrected chi connectivity index (χ2v) is 11.9. The van der Waals surface area contributed by atoms with E-state index in [1.54, 1.807) is 12.1 Å². The summed E-state index contributed by atoms with van der Waals surface area (Å²) >= 11 is 5.97. The van der Waals surface area contributed by atoms with E-state index < -0.39 is 32.5 Å². The lowest BCUT2D eigenvalue weighted by molar-refractivity contribution is -0.114. The molecule has 1 aliphatic heterocycles. The number of ether oxygens (including phenoxy) is 1. The van der Waals surface area contributed by atoms with Crippen molar-refractivity contribution >= 4 is 48.9 Å². The predicted molar refractivity (Wildman–Crippen MR) is 128 cm³/mol. The highest BCUT2D eigenvalue weighted by atomic mass is 35.5. The van der Waals surface area contributed by atoms with Gasteiger partial charge < -0.3 is 10.1 Å². The summed E-state index contributed by atoms with van der Waals surface area (Å²) in [5.74, 6) is -0.430. The van der Waals surface area contributed by atoms with Gasteiger partial charge in [-0.05, 0) is 49.2 Å². The molecule has 180 valence electrons. The number of anilines is 2. The van der Waals surface area contributed by atoms with Crippen molar-refractivity contribution in [2.45, 2.75) is 24.2 Å². The van der Waals surface area contributed by atoms with Crippen LogP contribution in [0.5, 0.6) is 5.75 Å². The average Bonchev–Trinajstić information content (AvgIpc) is 2.77. The Hall–Kier alpha value is -2.34. The lowest BCUT2D eigenvalue weighted by Gasteiger charge is -2.26. The number of nitrogens with one attached hydrogen (secondary N) is 1. The summed E-state index contributed by atoms with van der Waals surface area (Å²) in [5.41, 5.74) is 0.355. The van der Waals surface area contributed by atoms with Gasteiger partial charge in [0.25, 0.3) is 0 Å². The van der Waals surface area contributed by atoms with Crippen LogP contribution in [0.15, 0.2) is 47.4 Å². The minimum Gasteiger partial charge on any atom is -0.495 e. The van der Waals surface area contributed by atoms with Gasteiger partial charge >= 0.3 is 0 Å². The maximum atomic E-state index is 13.0. The van der Waals surface area contributed by atoms with E-state index in [4.69, 9.17) is 16.3 Å². The van der Waals surface area contributed by atoms with Crippen LogP contribution >= 0.6 is 11.6 Å². The standard InChI is InChI=1S/C21H26ClN3O6S2/c1-31-20-10-9-18(33(29,30)24-11-4-3-5-12-24)14-19(20)23-21(26)15-25(32(2,27)28)17-8-6-7-16(22)13-17/h6-10,13-14H,3-5,11-12,15H2,1-2H3,(H,23,26). The summed E-state index contributed by atoms with van der Waals surface area (Å²) in [5, 5.41) is 2.90. The molecule has 33 heavy (non-hydrogen) atoms. The van der Waals surface area contributed by atoms with E-state index in [1.165, 1.54) is 41.7 Å². The van der Waals surface area contributed by atoms with Crippen LogP contribution in [0.4, 0.5) is 11.4 Å². The topological polar surface area (TPSA) is 113 Å². The highest BCUT2D eigenvalue weighted by Gasteiger charge is 2.27. The maximum absolute atomic E-state index is 13.0. The molecule has 0 aliphatic carbocycles. The molecule has 2 aromatic rings. The lowest BCUT2D eigenvalue weighted by Crippen LogP contribution is -2.37. The third-order valence-corrected chi connectivity index (χ3v) is 8.45. The molecule has 3 rings (SSSR count). The maximum Gasteiger partial charge on any atom is 0.245 e. The number of carbonyl (C=O) groups is 1. The number of hydrogen-bond donors (Lipinski definition) is 1. The summed E-state index contributed by atoms with van der Waals surface area (Å²) in [6, 6.07) is 10.3. The number of benzene rings is 2. The molecule has 1 N–H and O–H groups in total. The Labute approximate surface area is 199 Å². The third kappa shape index (κ3) is 6.17. The number of methoxy groups -OCH3 is 1. The first kappa shape index (κ1) is 25.3. The van der Waals surface area contributed by atoms with Gasteiger partial charge in [-0.3, -0.25) is 9.10 Å².